The molecule has 24 heteroatoms. The van der Waals surface area contributed by atoms with Crippen LogP contribution in [0.3, 0.4) is 0 Å². The van der Waals surface area contributed by atoms with Crippen molar-refractivity contribution in [1.82, 2.24) is 52.3 Å². The van der Waals surface area contributed by atoms with Crippen molar-refractivity contribution in [2.24, 2.45) is 10.8 Å². The lowest BCUT2D eigenvalue weighted by Crippen LogP contribution is -2.60. The molecule has 0 saturated carbocycles. The van der Waals surface area contributed by atoms with Crippen LogP contribution < -0.4 is 42.5 Å². The molecule has 2 saturated heterocycles. The molecule has 2 aliphatic heterocycles. The summed E-state index contributed by atoms with van der Waals surface area (Å²) in [5.74, 6) is -4.89. The second kappa shape index (κ2) is 30.0. The zero-order valence-corrected chi connectivity index (χ0v) is 48.7. The van der Waals surface area contributed by atoms with E-state index in [-0.39, 0.29) is 61.9 Å². The fourth-order valence-corrected chi connectivity index (χ4v) is 9.40. The molecule has 2 fully saturated rings. The molecule has 2 heterocycles. The Labute approximate surface area is 480 Å². The third-order valence-corrected chi connectivity index (χ3v) is 14.4. The summed E-state index contributed by atoms with van der Waals surface area (Å²) in [6.45, 7) is 12.1. The van der Waals surface area contributed by atoms with E-state index in [1.54, 1.807) is 130 Å². The van der Waals surface area contributed by atoms with Gasteiger partial charge in [0.1, 0.15) is 36.4 Å². The molecule has 3 aromatic carbocycles. The van der Waals surface area contributed by atoms with Gasteiger partial charge in [0.2, 0.25) is 35.4 Å². The topological polar surface area (TPSA) is 320 Å². The second-order valence-corrected chi connectivity index (χ2v) is 22.3. The molecule has 5 rings (SSSR count). The number of aliphatic hydroxyl groups is 4. The van der Waals surface area contributed by atoms with Crippen LogP contribution in [0, 0.1) is 10.8 Å². The average molecular weight is 1160 g/mol. The van der Waals surface area contributed by atoms with Crippen LogP contribution in [0.5, 0.6) is 0 Å². The molecule has 22 nitrogen and oxygen atoms in total. The molecular weight excluding hydrogens is 1080 g/mol. The highest BCUT2D eigenvalue weighted by Crippen LogP contribution is 2.30. The highest BCUT2D eigenvalue weighted by molar-refractivity contribution is 6.01. The molecular formula is C56H82Cl2N10O12. The van der Waals surface area contributed by atoms with E-state index in [9.17, 15) is 58.8 Å². The summed E-state index contributed by atoms with van der Waals surface area (Å²) in [5, 5.41) is 65.4. The Kier molecular flexibility index (Phi) is 25.5. The quantitative estimate of drug-likeness (QED) is 0.0657. The average Bonchev–Trinajstić information content (AvgIpc) is 4.05. The highest BCUT2D eigenvalue weighted by atomic mass is 35.5. The Bertz CT molecular complexity index is 2420. The number of rotatable bonds is 22. The largest absolute Gasteiger partial charge is 0.394 e. The van der Waals surface area contributed by atoms with Crippen LogP contribution in [0.25, 0.3) is 0 Å². The van der Waals surface area contributed by atoms with Crippen molar-refractivity contribution in [2.45, 2.75) is 141 Å². The molecule has 12 N–H and O–H groups in total. The molecule has 0 radical (unpaired) electrons. The lowest BCUT2D eigenvalue weighted by Gasteiger charge is -2.36. The Hall–Kier alpha value is -6.24. The maximum Gasteiger partial charge on any atom is 0.251 e. The summed E-state index contributed by atoms with van der Waals surface area (Å²) in [6.07, 6.45) is -2.84. The number of carbonyl (C=O) groups is 8. The second-order valence-electron chi connectivity index (χ2n) is 22.3. The van der Waals surface area contributed by atoms with Crippen molar-refractivity contribution in [3.63, 3.8) is 0 Å². The molecule has 0 bridgehead atoms. The maximum atomic E-state index is 14.6. The number of nitrogens with zero attached hydrogens (tertiary/aromatic N) is 2. The minimum Gasteiger partial charge on any atom is -0.394 e. The van der Waals surface area contributed by atoms with Gasteiger partial charge < -0.3 is 72.8 Å². The first-order valence-electron chi connectivity index (χ1n) is 26.3. The number of carbonyl (C=O) groups excluding carboxylic acids is 8. The van der Waals surface area contributed by atoms with Crippen molar-refractivity contribution in [3.8, 4) is 0 Å². The molecule has 0 aromatic heterocycles. The van der Waals surface area contributed by atoms with Crippen molar-refractivity contribution >= 4 is 72.1 Å². The van der Waals surface area contributed by atoms with E-state index in [4.69, 9.17) is 0 Å². The molecule has 3 unspecified atom stereocenters. The Morgan fingerprint density at radius 3 is 1.18 bits per heavy atom. The van der Waals surface area contributed by atoms with E-state index in [0.717, 1.165) is 0 Å². The van der Waals surface area contributed by atoms with Gasteiger partial charge in [-0.1, -0.05) is 108 Å². The number of benzene rings is 3. The van der Waals surface area contributed by atoms with Crippen molar-refractivity contribution in [1.29, 1.82) is 0 Å². The van der Waals surface area contributed by atoms with E-state index in [1.165, 1.54) is 34.1 Å². The fourth-order valence-electron chi connectivity index (χ4n) is 9.40. The maximum absolute atomic E-state index is 14.6. The van der Waals surface area contributed by atoms with Crippen molar-refractivity contribution in [2.75, 3.05) is 40.4 Å². The third kappa shape index (κ3) is 17.4. The van der Waals surface area contributed by atoms with Crippen LogP contribution >= 0.6 is 24.8 Å². The molecule has 442 valence electrons. The lowest BCUT2D eigenvalue weighted by atomic mass is 9.85. The van der Waals surface area contributed by atoms with Gasteiger partial charge in [-0.25, -0.2) is 0 Å². The fraction of sp³-hybridized carbons (Fsp3) is 0.536. The van der Waals surface area contributed by atoms with Crippen LogP contribution in [0.4, 0.5) is 0 Å². The lowest BCUT2D eigenvalue weighted by molar-refractivity contribution is -0.144. The number of likely N-dealkylation sites (N-methyl/N-ethyl adjacent to an activating group) is 2. The van der Waals surface area contributed by atoms with Crippen LogP contribution in [-0.4, -0.2) is 178 Å². The van der Waals surface area contributed by atoms with Crippen LogP contribution in [-0.2, 0) is 28.8 Å². The SMILES string of the molecule is CN[C@@H](C)C(=O)NC(C(=O)N1C[C@@H](NC(=O)c2cccc(C(=O)N[C@H]3CC(C(=O)N[C@H](CO)[C@H](O)c4ccccc4)N(C(=O)[C@@H](NC(=O)[C@H](C)NC)C(C)(C)C)C3)c2)CC1C(=O)N[C@H](CO)[C@@H](O)c1ccccc1)C(C)(C)C.Cl.Cl. The van der Waals surface area contributed by atoms with Gasteiger partial charge in [-0.2, -0.15) is 0 Å². The molecule has 2 aliphatic rings. The van der Waals surface area contributed by atoms with E-state index in [0.29, 0.717) is 11.1 Å². The summed E-state index contributed by atoms with van der Waals surface area (Å²) in [7, 11) is 3.19. The monoisotopic (exact) mass is 1160 g/mol. The number of aliphatic hydroxyl groups excluding tert-OH is 4. The predicted molar refractivity (Wildman–Crippen MR) is 304 cm³/mol. The van der Waals surface area contributed by atoms with Gasteiger partial charge in [0.15, 0.2) is 0 Å². The summed E-state index contributed by atoms with van der Waals surface area (Å²) < 4.78 is 0. The summed E-state index contributed by atoms with van der Waals surface area (Å²) in [5.41, 5.74) is -0.780. The smallest absolute Gasteiger partial charge is 0.251 e. The zero-order valence-electron chi connectivity index (χ0n) is 47.0. The van der Waals surface area contributed by atoms with Gasteiger partial charge in [-0.05, 0) is 80.9 Å². The number of halogens is 2. The minimum absolute atomic E-state index is 0. The number of nitrogens with one attached hydrogen (secondary N) is 8. The molecule has 3 aromatic rings. The van der Waals surface area contributed by atoms with Gasteiger partial charge in [-0.15, -0.1) is 24.8 Å². The van der Waals surface area contributed by atoms with E-state index < -0.39 is 144 Å². The van der Waals surface area contributed by atoms with Crippen LogP contribution in [0.15, 0.2) is 84.9 Å². The van der Waals surface area contributed by atoms with E-state index in [2.05, 4.69) is 42.5 Å². The summed E-state index contributed by atoms with van der Waals surface area (Å²) >= 11 is 0. The molecule has 8 amide bonds. The minimum atomic E-state index is -1.32. The number of likely N-dealkylation sites (tertiary alicyclic amines) is 2. The van der Waals surface area contributed by atoms with Crippen molar-refractivity contribution in [3.05, 3.63) is 107 Å². The van der Waals surface area contributed by atoms with Crippen LogP contribution in [0.1, 0.15) is 112 Å². The predicted octanol–water partition coefficient (Wildman–Crippen LogP) is 0.628. The van der Waals surface area contributed by atoms with E-state index >= 15 is 0 Å². The summed E-state index contributed by atoms with van der Waals surface area (Å²) in [6, 6.07) is 12.5. The molecule has 0 spiro atoms. The van der Waals surface area contributed by atoms with E-state index in [1.807, 2.05) is 0 Å². The Balaban J connectivity index is 0.00000840. The Morgan fingerprint density at radius 1 is 0.537 bits per heavy atom. The molecule has 12 atom stereocenters. The van der Waals surface area contributed by atoms with Gasteiger partial charge in [0.05, 0.1) is 37.4 Å². The van der Waals surface area contributed by atoms with Gasteiger partial charge >= 0.3 is 0 Å². The third-order valence-electron chi connectivity index (χ3n) is 14.4. The van der Waals surface area contributed by atoms with Crippen LogP contribution in [0.2, 0.25) is 0 Å². The number of hydrogen-bond donors (Lipinski definition) is 12. The number of amides is 8. The molecule has 0 aliphatic carbocycles. The van der Waals surface area contributed by atoms with Gasteiger partial charge in [-0.3, -0.25) is 38.4 Å². The first-order chi connectivity index (χ1) is 36.7. The highest BCUT2D eigenvalue weighted by Gasteiger charge is 2.48. The number of hydrogen-bond acceptors (Lipinski definition) is 14. The summed E-state index contributed by atoms with van der Waals surface area (Å²) in [4.78, 5) is 115. The first kappa shape index (κ1) is 68.0. The Morgan fingerprint density at radius 2 is 0.875 bits per heavy atom. The molecule has 80 heavy (non-hydrogen) atoms. The normalized spacial score (nSPS) is 20.1. The van der Waals surface area contributed by atoms with Gasteiger partial charge in [0, 0.05) is 36.3 Å². The van der Waals surface area contributed by atoms with Gasteiger partial charge in [0.25, 0.3) is 11.8 Å². The zero-order chi connectivity index (χ0) is 57.8. The first-order valence-corrected chi connectivity index (χ1v) is 26.3. The standard InChI is InChI=1S/C56H80N10O12.2ClH/c1-31(57-9)47(71)63-45(55(3,4)5)53(77)65-27-37(25-41(65)51(75)61-39(29-67)43(69)33-18-13-11-14-19-33)59-49(73)35-22-17-23-36(24-35)50(74)60-38-26-42(52(76)62-40(30-68)44(70)34-20-15-12-16-21-34)66(28-38)54(78)46(56(6,7)8)64-48(72)32(2)58-10;;/h11-24,31-32,37-46,57-58,67-70H,25-30H2,1-10H3,(H,59,73)(H,60,74)(H,61,75)(H,62,76)(H,63,71)(H,64,72);2*1H/t31-,32-,37-,38-,39+,40+,41?,42?,43-,44+,45?,46+;;/m0../s1. The van der Waals surface area contributed by atoms with Crippen molar-refractivity contribution < 1.29 is 58.8 Å².